The van der Waals surface area contributed by atoms with Crippen LogP contribution < -0.4 is 10.8 Å². The van der Waals surface area contributed by atoms with Gasteiger partial charge in [-0.15, -0.1) is 0 Å². The molecule has 0 aromatic rings. The summed E-state index contributed by atoms with van der Waals surface area (Å²) in [4.78, 5) is 17.9. The maximum Gasteiger partial charge on any atom is 0.249 e. The minimum absolute atomic E-state index is 0.0244. The standard InChI is InChI=1S/C17H28N2O4/c1-4-21-14-7-5-6-12-8-13(9-22-16(12)14)17(20)18-15-10(2)19-23-11(15)3/h8,10-12,14-16,19H,4-7,9H2,1-3H3,(H,18,20). The Morgan fingerprint density at radius 1 is 1.43 bits per heavy atom. The number of ether oxygens (including phenoxy) is 2. The van der Waals surface area contributed by atoms with Gasteiger partial charge < -0.3 is 14.8 Å². The van der Waals surface area contributed by atoms with Gasteiger partial charge in [-0.25, -0.2) is 0 Å². The summed E-state index contributed by atoms with van der Waals surface area (Å²) in [7, 11) is 0. The number of hydroxylamine groups is 1. The van der Waals surface area contributed by atoms with Gasteiger partial charge in [0.25, 0.3) is 0 Å². The molecule has 130 valence electrons. The number of nitrogens with one attached hydrogen (secondary N) is 2. The SMILES string of the molecule is CCOC1CCCC2C=C(C(=O)NC3C(C)NOC3C)COC21. The zero-order chi connectivity index (χ0) is 16.4. The fourth-order valence-corrected chi connectivity index (χ4v) is 3.85. The van der Waals surface area contributed by atoms with E-state index in [-0.39, 0.29) is 42.2 Å². The second kappa shape index (κ2) is 7.30. The van der Waals surface area contributed by atoms with Gasteiger partial charge in [0.2, 0.25) is 5.91 Å². The molecule has 6 unspecified atom stereocenters. The van der Waals surface area contributed by atoms with Crippen molar-refractivity contribution in [1.29, 1.82) is 0 Å². The Labute approximate surface area is 137 Å². The highest BCUT2D eigenvalue weighted by Crippen LogP contribution is 2.34. The molecule has 6 heteroatoms. The van der Waals surface area contributed by atoms with Crippen molar-refractivity contribution in [3.05, 3.63) is 11.6 Å². The summed E-state index contributed by atoms with van der Waals surface area (Å²) in [5.74, 6) is 0.237. The van der Waals surface area contributed by atoms with Crippen LogP contribution in [0.2, 0.25) is 0 Å². The first kappa shape index (κ1) is 16.9. The van der Waals surface area contributed by atoms with E-state index in [4.69, 9.17) is 14.3 Å². The second-order valence-corrected chi connectivity index (χ2v) is 6.78. The highest BCUT2D eigenvalue weighted by Gasteiger charge is 2.38. The van der Waals surface area contributed by atoms with Gasteiger partial charge in [-0.2, -0.15) is 5.48 Å². The Balaban J connectivity index is 1.64. The van der Waals surface area contributed by atoms with Gasteiger partial charge in [0.05, 0.1) is 37.0 Å². The first-order chi connectivity index (χ1) is 11.1. The van der Waals surface area contributed by atoms with E-state index in [0.29, 0.717) is 13.2 Å². The summed E-state index contributed by atoms with van der Waals surface area (Å²) in [6.07, 6.45) is 5.55. The first-order valence-corrected chi connectivity index (χ1v) is 8.76. The van der Waals surface area contributed by atoms with Gasteiger partial charge in [0.1, 0.15) is 0 Å². The minimum Gasteiger partial charge on any atom is -0.376 e. The molecular weight excluding hydrogens is 296 g/mol. The van der Waals surface area contributed by atoms with Crippen molar-refractivity contribution < 1.29 is 19.1 Å². The molecule has 23 heavy (non-hydrogen) atoms. The number of carbonyl (C=O) groups excluding carboxylic acids is 1. The molecule has 2 aliphatic heterocycles. The molecule has 6 nitrogen and oxygen atoms in total. The average Bonchev–Trinajstić information content (AvgIpc) is 2.87. The van der Waals surface area contributed by atoms with Crippen LogP contribution in [-0.4, -0.2) is 49.5 Å². The number of carbonyl (C=O) groups is 1. The number of fused-ring (bicyclic) bond motifs is 1. The third kappa shape index (κ3) is 3.60. The van der Waals surface area contributed by atoms with Gasteiger partial charge in [-0.05, 0) is 33.6 Å². The number of amides is 1. The van der Waals surface area contributed by atoms with Crippen molar-refractivity contribution in [2.45, 2.75) is 70.4 Å². The predicted molar refractivity (Wildman–Crippen MR) is 85.7 cm³/mol. The minimum atomic E-state index is -0.0435. The smallest absolute Gasteiger partial charge is 0.249 e. The lowest BCUT2D eigenvalue weighted by atomic mass is 9.81. The van der Waals surface area contributed by atoms with Crippen molar-refractivity contribution >= 4 is 5.91 Å². The summed E-state index contributed by atoms with van der Waals surface area (Å²) in [6, 6.07) is 0.0764. The average molecular weight is 324 g/mol. The lowest BCUT2D eigenvalue weighted by Gasteiger charge is -2.39. The topological polar surface area (TPSA) is 68.8 Å². The first-order valence-electron chi connectivity index (χ1n) is 8.76. The maximum atomic E-state index is 12.6. The van der Waals surface area contributed by atoms with Crippen LogP contribution in [0.25, 0.3) is 0 Å². The summed E-state index contributed by atoms with van der Waals surface area (Å²) < 4.78 is 11.8. The molecule has 2 N–H and O–H groups in total. The molecule has 3 aliphatic rings. The van der Waals surface area contributed by atoms with Crippen LogP contribution in [0.3, 0.4) is 0 Å². The summed E-state index contributed by atoms with van der Waals surface area (Å²) in [6.45, 7) is 7.04. The highest BCUT2D eigenvalue weighted by atomic mass is 16.7. The molecule has 3 rings (SSSR count). The van der Waals surface area contributed by atoms with Crippen LogP contribution in [0.4, 0.5) is 0 Å². The monoisotopic (exact) mass is 324 g/mol. The molecule has 2 heterocycles. The Morgan fingerprint density at radius 3 is 2.96 bits per heavy atom. The van der Waals surface area contributed by atoms with Gasteiger partial charge in [-0.3, -0.25) is 9.63 Å². The van der Waals surface area contributed by atoms with Crippen LogP contribution in [0.1, 0.15) is 40.0 Å². The van der Waals surface area contributed by atoms with E-state index in [1.807, 2.05) is 20.8 Å². The molecular formula is C17H28N2O4. The zero-order valence-electron chi connectivity index (χ0n) is 14.2. The van der Waals surface area contributed by atoms with E-state index >= 15 is 0 Å². The quantitative estimate of drug-likeness (QED) is 0.816. The van der Waals surface area contributed by atoms with E-state index in [2.05, 4.69) is 16.9 Å². The van der Waals surface area contributed by atoms with Gasteiger partial charge in [0, 0.05) is 18.1 Å². The van der Waals surface area contributed by atoms with E-state index < -0.39 is 0 Å². The Bertz CT molecular complexity index is 456. The lowest BCUT2D eigenvalue weighted by molar-refractivity contribution is -0.125. The molecule has 1 saturated heterocycles. The van der Waals surface area contributed by atoms with Crippen molar-refractivity contribution in [1.82, 2.24) is 10.8 Å². The van der Waals surface area contributed by atoms with Crippen molar-refractivity contribution in [3.8, 4) is 0 Å². The summed E-state index contributed by atoms with van der Waals surface area (Å²) in [5.41, 5.74) is 3.64. The zero-order valence-corrected chi connectivity index (χ0v) is 14.2. The normalized spacial score (nSPS) is 40.4. The van der Waals surface area contributed by atoms with Crippen molar-refractivity contribution in [3.63, 3.8) is 0 Å². The molecule has 0 aromatic heterocycles. The maximum absolute atomic E-state index is 12.6. The summed E-state index contributed by atoms with van der Waals surface area (Å²) in [5, 5.41) is 3.07. The molecule has 2 fully saturated rings. The van der Waals surface area contributed by atoms with Crippen LogP contribution in [0.15, 0.2) is 11.6 Å². The fourth-order valence-electron chi connectivity index (χ4n) is 3.85. The van der Waals surface area contributed by atoms with E-state index in [1.54, 1.807) is 0 Å². The molecule has 0 spiro atoms. The lowest BCUT2D eigenvalue weighted by Crippen LogP contribution is -2.49. The van der Waals surface area contributed by atoms with Crippen LogP contribution in [0.5, 0.6) is 0 Å². The van der Waals surface area contributed by atoms with Crippen molar-refractivity contribution in [2.24, 2.45) is 5.92 Å². The van der Waals surface area contributed by atoms with E-state index in [0.717, 1.165) is 24.8 Å². The third-order valence-electron chi connectivity index (χ3n) is 5.12. The Morgan fingerprint density at radius 2 is 2.26 bits per heavy atom. The molecule has 6 atom stereocenters. The van der Waals surface area contributed by atoms with E-state index in [1.165, 1.54) is 0 Å². The fraction of sp³-hybridized carbons (Fsp3) is 0.824. The third-order valence-corrected chi connectivity index (χ3v) is 5.12. The molecule has 0 radical (unpaired) electrons. The van der Waals surface area contributed by atoms with E-state index in [9.17, 15) is 4.79 Å². The highest BCUT2D eigenvalue weighted by molar-refractivity contribution is 5.94. The van der Waals surface area contributed by atoms with Crippen molar-refractivity contribution in [2.75, 3.05) is 13.2 Å². The summed E-state index contributed by atoms with van der Waals surface area (Å²) >= 11 is 0. The molecule has 1 saturated carbocycles. The van der Waals surface area contributed by atoms with Crippen LogP contribution >= 0.6 is 0 Å². The molecule has 0 bridgehead atoms. The van der Waals surface area contributed by atoms with Gasteiger partial charge in [-0.1, -0.05) is 12.5 Å². The Hall–Kier alpha value is -0.950. The largest absolute Gasteiger partial charge is 0.376 e. The predicted octanol–water partition coefficient (Wildman–Crippen LogP) is 1.31. The number of hydrogen-bond acceptors (Lipinski definition) is 5. The van der Waals surface area contributed by atoms with Gasteiger partial charge >= 0.3 is 0 Å². The Kier molecular flexibility index (Phi) is 5.36. The number of rotatable bonds is 4. The van der Waals surface area contributed by atoms with Crippen LogP contribution in [0, 0.1) is 5.92 Å². The molecule has 1 aliphatic carbocycles. The second-order valence-electron chi connectivity index (χ2n) is 6.78. The van der Waals surface area contributed by atoms with Gasteiger partial charge in [0.15, 0.2) is 0 Å². The number of hydrogen-bond donors (Lipinski definition) is 2. The van der Waals surface area contributed by atoms with Crippen LogP contribution in [-0.2, 0) is 19.1 Å². The molecule has 1 amide bonds. The molecule has 0 aromatic carbocycles.